The molecule has 178 valence electrons. The Kier molecular flexibility index (Phi) is 6.12. The number of halogens is 2. The van der Waals surface area contributed by atoms with Crippen LogP contribution in [0.25, 0.3) is 22.1 Å². The fourth-order valence-electron chi connectivity index (χ4n) is 4.17. The highest BCUT2D eigenvalue weighted by Crippen LogP contribution is 2.32. The Bertz CT molecular complexity index is 1500. The van der Waals surface area contributed by atoms with Gasteiger partial charge in [0.1, 0.15) is 11.0 Å². The molecule has 8 nitrogen and oxygen atoms in total. The maximum absolute atomic E-state index is 4.56. The van der Waals surface area contributed by atoms with E-state index in [2.05, 4.69) is 63.1 Å². The Morgan fingerprint density at radius 1 is 0.528 bits per heavy atom. The summed E-state index contributed by atoms with van der Waals surface area (Å²) in [5.41, 5.74) is 5.28. The molecule has 0 radical (unpaired) electrons. The SMILES string of the molecule is Brc1ccc(N[C@H]([C@@H](Nc2ccc(Br)cc2)n2nnc3ccccc32)n2nnc3ccccc32)cc1. The highest BCUT2D eigenvalue weighted by molar-refractivity contribution is 9.10. The average molecular weight is 604 g/mol. The van der Waals surface area contributed by atoms with Gasteiger partial charge >= 0.3 is 0 Å². The van der Waals surface area contributed by atoms with E-state index < -0.39 is 12.3 Å². The molecule has 6 rings (SSSR count). The summed E-state index contributed by atoms with van der Waals surface area (Å²) in [7, 11) is 0. The monoisotopic (exact) mass is 602 g/mol. The van der Waals surface area contributed by atoms with Crippen LogP contribution in [-0.4, -0.2) is 30.0 Å². The van der Waals surface area contributed by atoms with E-state index in [1.54, 1.807) is 0 Å². The lowest BCUT2D eigenvalue weighted by molar-refractivity contribution is 0.347. The third-order valence-corrected chi connectivity index (χ3v) is 6.96. The number of para-hydroxylation sites is 2. The Morgan fingerprint density at radius 3 is 1.33 bits per heavy atom. The zero-order valence-electron chi connectivity index (χ0n) is 18.8. The topological polar surface area (TPSA) is 85.5 Å². The number of anilines is 2. The molecule has 2 N–H and O–H groups in total. The lowest BCUT2D eigenvalue weighted by Gasteiger charge is -2.31. The molecule has 0 amide bonds. The fraction of sp³-hybridized carbons (Fsp3) is 0.0769. The summed E-state index contributed by atoms with van der Waals surface area (Å²) in [6.45, 7) is 0. The summed E-state index contributed by atoms with van der Waals surface area (Å²) in [5, 5.41) is 25.3. The lowest BCUT2D eigenvalue weighted by atomic mass is 10.2. The van der Waals surface area contributed by atoms with Gasteiger partial charge in [0.2, 0.25) is 0 Å². The number of fused-ring (bicyclic) bond motifs is 2. The molecule has 0 fully saturated rings. The van der Waals surface area contributed by atoms with Gasteiger partial charge in [-0.15, -0.1) is 10.2 Å². The molecule has 0 aliphatic rings. The Morgan fingerprint density at radius 2 is 0.917 bits per heavy atom. The van der Waals surface area contributed by atoms with Crippen molar-refractivity contribution in [3.8, 4) is 0 Å². The molecule has 0 saturated carbocycles. The largest absolute Gasteiger partial charge is 0.360 e. The van der Waals surface area contributed by atoms with Gasteiger partial charge < -0.3 is 10.6 Å². The van der Waals surface area contributed by atoms with Gasteiger partial charge in [-0.3, -0.25) is 0 Å². The van der Waals surface area contributed by atoms with Crippen molar-refractivity contribution < 1.29 is 0 Å². The van der Waals surface area contributed by atoms with Crippen molar-refractivity contribution in [3.05, 3.63) is 106 Å². The van der Waals surface area contributed by atoms with Crippen molar-refractivity contribution in [2.24, 2.45) is 0 Å². The van der Waals surface area contributed by atoms with E-state index in [1.165, 1.54) is 0 Å². The van der Waals surface area contributed by atoms with Gasteiger partial charge in [0.05, 0.1) is 11.0 Å². The molecule has 36 heavy (non-hydrogen) atoms. The second kappa shape index (κ2) is 9.71. The van der Waals surface area contributed by atoms with Gasteiger partial charge in [-0.2, -0.15) is 0 Å². The smallest absolute Gasteiger partial charge is 0.164 e. The minimum atomic E-state index is -0.424. The van der Waals surface area contributed by atoms with Gasteiger partial charge in [0.15, 0.2) is 12.3 Å². The molecule has 0 bridgehead atoms. The lowest BCUT2D eigenvalue weighted by Crippen LogP contribution is -2.35. The number of aromatic nitrogens is 6. The van der Waals surface area contributed by atoms with E-state index in [0.717, 1.165) is 42.4 Å². The molecule has 0 aliphatic heterocycles. The van der Waals surface area contributed by atoms with Crippen LogP contribution >= 0.6 is 31.9 Å². The van der Waals surface area contributed by atoms with Crippen LogP contribution in [0.4, 0.5) is 11.4 Å². The fourth-order valence-corrected chi connectivity index (χ4v) is 4.70. The number of rotatable bonds is 7. The second-order valence-electron chi connectivity index (χ2n) is 8.24. The number of nitrogens with zero attached hydrogens (tertiary/aromatic N) is 6. The molecule has 0 unspecified atom stereocenters. The first-order valence-electron chi connectivity index (χ1n) is 11.3. The molecule has 0 spiro atoms. The second-order valence-corrected chi connectivity index (χ2v) is 10.1. The normalized spacial score (nSPS) is 13.1. The van der Waals surface area contributed by atoms with Crippen molar-refractivity contribution in [1.82, 2.24) is 30.0 Å². The number of hydrogen-bond donors (Lipinski definition) is 2. The third-order valence-electron chi connectivity index (χ3n) is 5.90. The van der Waals surface area contributed by atoms with Gasteiger partial charge in [-0.05, 0) is 72.8 Å². The van der Waals surface area contributed by atoms with Gasteiger partial charge in [-0.25, -0.2) is 9.36 Å². The van der Waals surface area contributed by atoms with E-state index in [9.17, 15) is 0 Å². The zero-order chi connectivity index (χ0) is 24.5. The van der Waals surface area contributed by atoms with E-state index in [0.29, 0.717) is 0 Å². The van der Waals surface area contributed by atoms with Crippen LogP contribution in [0.2, 0.25) is 0 Å². The first-order chi connectivity index (χ1) is 17.7. The van der Waals surface area contributed by atoms with E-state index in [-0.39, 0.29) is 0 Å². The summed E-state index contributed by atoms with van der Waals surface area (Å²) in [4.78, 5) is 0. The minimum absolute atomic E-state index is 0.424. The van der Waals surface area contributed by atoms with Gasteiger partial charge in [-0.1, -0.05) is 66.6 Å². The molecular formula is C26H20Br2N8. The molecule has 2 aromatic heterocycles. The van der Waals surface area contributed by atoms with Gasteiger partial charge in [0, 0.05) is 20.3 Å². The minimum Gasteiger partial charge on any atom is -0.360 e. The maximum atomic E-state index is 4.56. The number of hydrogen-bond acceptors (Lipinski definition) is 6. The van der Waals surface area contributed by atoms with E-state index in [4.69, 9.17) is 0 Å². The van der Waals surface area contributed by atoms with E-state index >= 15 is 0 Å². The van der Waals surface area contributed by atoms with Crippen molar-refractivity contribution in [1.29, 1.82) is 0 Å². The molecule has 6 aromatic rings. The highest BCUT2D eigenvalue weighted by atomic mass is 79.9. The van der Waals surface area contributed by atoms with Gasteiger partial charge in [0.25, 0.3) is 0 Å². The molecule has 0 aliphatic carbocycles. The van der Waals surface area contributed by atoms with Crippen molar-refractivity contribution in [2.75, 3.05) is 10.6 Å². The first kappa shape index (κ1) is 22.7. The average Bonchev–Trinajstić information content (AvgIpc) is 3.53. The standard InChI is InChI=1S/C26H20Br2N8/c27-17-9-13-19(14-10-17)29-25(35-23-7-3-1-5-21(23)31-33-35)26(30-20-15-11-18(28)12-16-20)36-24-8-4-2-6-22(24)32-34-36/h1-16,25-26,29-30H/t25-,26-/m0/s1. The molecule has 2 heterocycles. The molecule has 4 aromatic carbocycles. The summed E-state index contributed by atoms with van der Waals surface area (Å²) >= 11 is 7.05. The van der Waals surface area contributed by atoms with Crippen LogP contribution in [0.3, 0.4) is 0 Å². The summed E-state index contributed by atoms with van der Waals surface area (Å²) < 4.78 is 5.79. The molecule has 10 heteroatoms. The van der Waals surface area contributed by atoms with Crippen LogP contribution in [0.1, 0.15) is 12.3 Å². The Balaban J connectivity index is 1.53. The maximum Gasteiger partial charge on any atom is 0.164 e. The van der Waals surface area contributed by atoms with E-state index in [1.807, 2.05) is 106 Å². The zero-order valence-corrected chi connectivity index (χ0v) is 22.0. The Hall–Kier alpha value is -3.76. The molecular weight excluding hydrogens is 584 g/mol. The first-order valence-corrected chi connectivity index (χ1v) is 12.9. The Labute approximate surface area is 223 Å². The van der Waals surface area contributed by atoms with Crippen molar-refractivity contribution in [3.63, 3.8) is 0 Å². The predicted molar refractivity (Wildman–Crippen MR) is 149 cm³/mol. The summed E-state index contributed by atoms with van der Waals surface area (Å²) in [6.07, 6.45) is -0.848. The quantitative estimate of drug-likeness (QED) is 0.213. The van der Waals surface area contributed by atoms with Crippen LogP contribution in [-0.2, 0) is 0 Å². The van der Waals surface area contributed by atoms with Crippen LogP contribution in [0, 0.1) is 0 Å². The highest BCUT2D eigenvalue weighted by Gasteiger charge is 2.30. The number of benzene rings is 4. The molecule has 2 atom stereocenters. The third kappa shape index (κ3) is 4.45. The molecule has 0 saturated heterocycles. The van der Waals surface area contributed by atoms with Crippen molar-refractivity contribution >= 4 is 65.3 Å². The van der Waals surface area contributed by atoms with Crippen LogP contribution in [0.5, 0.6) is 0 Å². The summed E-state index contributed by atoms with van der Waals surface area (Å²) in [5.74, 6) is 0. The number of nitrogens with one attached hydrogen (secondary N) is 2. The van der Waals surface area contributed by atoms with Crippen LogP contribution in [0.15, 0.2) is 106 Å². The van der Waals surface area contributed by atoms with Crippen molar-refractivity contribution in [2.45, 2.75) is 12.3 Å². The summed E-state index contributed by atoms with van der Waals surface area (Å²) in [6, 6.07) is 31.9. The van der Waals surface area contributed by atoms with Crippen LogP contribution < -0.4 is 10.6 Å². The predicted octanol–water partition coefficient (Wildman–Crippen LogP) is 6.62.